The highest BCUT2D eigenvalue weighted by Gasteiger charge is 2.45. The van der Waals surface area contributed by atoms with Gasteiger partial charge in [-0.1, -0.05) is 6.07 Å². The van der Waals surface area contributed by atoms with Crippen molar-refractivity contribution in [3.8, 4) is 5.75 Å². The van der Waals surface area contributed by atoms with Crippen LogP contribution < -0.4 is 10.2 Å². The lowest BCUT2D eigenvalue weighted by atomic mass is 9.98. The first kappa shape index (κ1) is 20.5. The number of amides is 2. The van der Waals surface area contributed by atoms with Gasteiger partial charge in [-0.05, 0) is 44.7 Å². The molecule has 0 saturated heterocycles. The Kier molecular flexibility index (Phi) is 6.54. The van der Waals surface area contributed by atoms with Crippen molar-refractivity contribution in [1.82, 2.24) is 10.4 Å². The van der Waals surface area contributed by atoms with Crippen molar-refractivity contribution < 1.29 is 24.3 Å². The van der Waals surface area contributed by atoms with Crippen molar-refractivity contribution in [2.45, 2.75) is 50.8 Å². The van der Waals surface area contributed by atoms with E-state index in [1.807, 2.05) is 11.8 Å². The molecule has 0 aromatic heterocycles. The van der Waals surface area contributed by atoms with Gasteiger partial charge in [-0.15, -0.1) is 0 Å². The molecule has 2 amide bonds. The molecule has 1 aromatic carbocycles. The summed E-state index contributed by atoms with van der Waals surface area (Å²) in [5.41, 5.74) is 2.02. The number of methoxy groups -OCH3 is 1. The molecule has 1 saturated carbocycles. The fourth-order valence-corrected chi connectivity index (χ4v) is 3.65. The molecule has 7 nitrogen and oxygen atoms in total. The molecule has 26 heavy (non-hydrogen) atoms. The molecule has 1 heterocycles. The molecule has 2 aliphatic rings. The van der Waals surface area contributed by atoms with Gasteiger partial charge in [-0.3, -0.25) is 14.8 Å². The summed E-state index contributed by atoms with van der Waals surface area (Å²) >= 11 is 0. The molecule has 1 aliphatic carbocycles. The third kappa shape index (κ3) is 3.67. The molecule has 1 aromatic rings. The van der Waals surface area contributed by atoms with E-state index in [-0.39, 0.29) is 25.4 Å². The molecular formula is C18H26N2O5S. The number of hydrogen-bond donors (Lipinski definition) is 2. The van der Waals surface area contributed by atoms with Crippen molar-refractivity contribution >= 4 is 25.3 Å². The summed E-state index contributed by atoms with van der Waals surface area (Å²) in [7, 11) is 1.61. The average molecular weight is 382 g/mol. The van der Waals surface area contributed by atoms with Crippen LogP contribution in [-0.4, -0.2) is 47.3 Å². The Labute approximate surface area is 160 Å². The zero-order valence-corrected chi connectivity index (χ0v) is 16.1. The zero-order valence-electron chi connectivity index (χ0n) is 15.1. The van der Waals surface area contributed by atoms with Crippen LogP contribution in [0.5, 0.6) is 5.75 Å². The number of benzene rings is 1. The highest BCUT2D eigenvalue weighted by Crippen LogP contribution is 2.36. The Morgan fingerprint density at radius 3 is 2.65 bits per heavy atom. The summed E-state index contributed by atoms with van der Waals surface area (Å²) in [6.45, 7) is 2.69. The minimum absolute atomic E-state index is 0. The first-order valence-electron chi connectivity index (χ1n) is 8.57. The molecule has 3 rings (SSSR count). The standard InChI is InChI=1S/C18H24N2O5.H2S/c1-12-11-25-15-9-13(16(21)19-23)5-6-14(15)10-20(12)17(22)18(24-2)7-3-4-8-18;/h5-6,9,12,23H,3-4,7-8,10-11H2,1-2H3,(H,19,21);1H2/t12-;/m0./s1. The number of hydroxylamine groups is 1. The summed E-state index contributed by atoms with van der Waals surface area (Å²) in [5.74, 6) is -0.0318. The highest BCUT2D eigenvalue weighted by atomic mass is 32.1. The second kappa shape index (κ2) is 8.28. The van der Waals surface area contributed by atoms with Crippen molar-refractivity contribution in [2.24, 2.45) is 0 Å². The molecule has 144 valence electrons. The largest absolute Gasteiger partial charge is 0.491 e. The van der Waals surface area contributed by atoms with Crippen LogP contribution in [-0.2, 0) is 16.1 Å². The molecular weight excluding hydrogens is 356 g/mol. The lowest BCUT2D eigenvalue weighted by Crippen LogP contribution is -2.52. The normalized spacial score (nSPS) is 21.0. The maximum absolute atomic E-state index is 13.2. The maximum Gasteiger partial charge on any atom is 0.274 e. The van der Waals surface area contributed by atoms with Crippen LogP contribution >= 0.6 is 13.5 Å². The second-order valence-electron chi connectivity index (χ2n) is 6.76. The van der Waals surface area contributed by atoms with Crippen LogP contribution in [0.4, 0.5) is 0 Å². The number of carbonyl (C=O) groups is 2. The lowest BCUT2D eigenvalue weighted by molar-refractivity contribution is -0.157. The maximum atomic E-state index is 13.2. The third-order valence-corrected chi connectivity index (χ3v) is 5.24. The predicted molar refractivity (Wildman–Crippen MR) is 99.8 cm³/mol. The average Bonchev–Trinajstić information content (AvgIpc) is 3.07. The zero-order chi connectivity index (χ0) is 18.0. The van der Waals surface area contributed by atoms with E-state index in [0.29, 0.717) is 24.5 Å². The predicted octanol–water partition coefficient (Wildman–Crippen LogP) is 1.99. The SMILES string of the molecule is COC1(C(=O)N2Cc3ccc(C(=O)NO)cc3OC[C@@H]2C)CCCC1.S. The number of rotatable bonds is 3. The van der Waals surface area contributed by atoms with Crippen LogP contribution in [0.2, 0.25) is 0 Å². The summed E-state index contributed by atoms with van der Waals surface area (Å²) < 4.78 is 11.5. The van der Waals surface area contributed by atoms with E-state index >= 15 is 0 Å². The van der Waals surface area contributed by atoms with Crippen LogP contribution in [0.3, 0.4) is 0 Å². The minimum atomic E-state index is -0.727. The molecule has 0 spiro atoms. The van der Waals surface area contributed by atoms with Crippen LogP contribution in [0, 0.1) is 0 Å². The number of fused-ring (bicyclic) bond motifs is 1. The fraction of sp³-hybridized carbons (Fsp3) is 0.556. The van der Waals surface area contributed by atoms with E-state index in [0.717, 1.165) is 31.2 Å². The van der Waals surface area contributed by atoms with Gasteiger partial charge in [0.1, 0.15) is 18.0 Å². The lowest BCUT2D eigenvalue weighted by Gasteiger charge is -2.35. The highest BCUT2D eigenvalue weighted by molar-refractivity contribution is 7.59. The van der Waals surface area contributed by atoms with Gasteiger partial charge in [-0.25, -0.2) is 5.48 Å². The number of nitrogens with zero attached hydrogens (tertiary/aromatic N) is 1. The Balaban J connectivity index is 0.00000243. The molecule has 1 fully saturated rings. The van der Waals surface area contributed by atoms with Gasteiger partial charge in [0, 0.05) is 24.8 Å². The van der Waals surface area contributed by atoms with Crippen molar-refractivity contribution in [3.05, 3.63) is 29.3 Å². The Morgan fingerprint density at radius 2 is 2.04 bits per heavy atom. The van der Waals surface area contributed by atoms with Gasteiger partial charge in [-0.2, -0.15) is 13.5 Å². The van der Waals surface area contributed by atoms with Crippen LogP contribution in [0.15, 0.2) is 18.2 Å². The molecule has 0 bridgehead atoms. The van der Waals surface area contributed by atoms with Gasteiger partial charge in [0.25, 0.3) is 11.8 Å². The Hall–Kier alpha value is -1.77. The summed E-state index contributed by atoms with van der Waals surface area (Å²) in [6, 6.07) is 4.84. The van der Waals surface area contributed by atoms with Gasteiger partial charge < -0.3 is 14.4 Å². The fourth-order valence-electron chi connectivity index (χ4n) is 3.65. The number of carbonyl (C=O) groups excluding carboxylic acids is 2. The molecule has 1 aliphatic heterocycles. The quantitative estimate of drug-likeness (QED) is 0.617. The van der Waals surface area contributed by atoms with E-state index < -0.39 is 11.5 Å². The third-order valence-electron chi connectivity index (χ3n) is 5.24. The van der Waals surface area contributed by atoms with E-state index in [2.05, 4.69) is 0 Å². The number of nitrogens with one attached hydrogen (secondary N) is 1. The topological polar surface area (TPSA) is 88.1 Å². The first-order chi connectivity index (χ1) is 12.0. The van der Waals surface area contributed by atoms with Crippen molar-refractivity contribution in [1.29, 1.82) is 0 Å². The molecule has 2 N–H and O–H groups in total. The van der Waals surface area contributed by atoms with Crippen LogP contribution in [0.25, 0.3) is 0 Å². The van der Waals surface area contributed by atoms with Crippen LogP contribution in [0.1, 0.15) is 48.5 Å². The summed E-state index contributed by atoms with van der Waals surface area (Å²) in [5, 5.41) is 8.77. The Bertz CT molecular complexity index is 676. The molecule has 8 heteroatoms. The molecule has 0 radical (unpaired) electrons. The van der Waals surface area contributed by atoms with E-state index in [1.54, 1.807) is 30.8 Å². The number of hydrogen-bond acceptors (Lipinski definition) is 5. The molecule has 1 atom stereocenters. The van der Waals surface area contributed by atoms with Gasteiger partial charge in [0.15, 0.2) is 0 Å². The number of ether oxygens (including phenoxy) is 2. The van der Waals surface area contributed by atoms with Gasteiger partial charge in [0.05, 0.1) is 6.04 Å². The van der Waals surface area contributed by atoms with E-state index in [1.165, 1.54) is 0 Å². The molecule has 0 unspecified atom stereocenters. The smallest absolute Gasteiger partial charge is 0.274 e. The minimum Gasteiger partial charge on any atom is -0.491 e. The van der Waals surface area contributed by atoms with Crippen molar-refractivity contribution in [2.75, 3.05) is 13.7 Å². The van der Waals surface area contributed by atoms with E-state index in [9.17, 15) is 9.59 Å². The van der Waals surface area contributed by atoms with Gasteiger partial charge >= 0.3 is 0 Å². The van der Waals surface area contributed by atoms with Gasteiger partial charge in [0.2, 0.25) is 0 Å². The summed E-state index contributed by atoms with van der Waals surface area (Å²) in [6.07, 6.45) is 3.48. The monoisotopic (exact) mass is 382 g/mol. The van der Waals surface area contributed by atoms with E-state index in [4.69, 9.17) is 14.7 Å². The first-order valence-corrected chi connectivity index (χ1v) is 8.57. The Morgan fingerprint density at radius 1 is 1.35 bits per heavy atom. The summed E-state index contributed by atoms with van der Waals surface area (Å²) in [4.78, 5) is 26.6. The van der Waals surface area contributed by atoms with Crippen molar-refractivity contribution in [3.63, 3.8) is 0 Å². The second-order valence-corrected chi connectivity index (χ2v) is 6.76.